The Hall–Kier alpha value is -11.3. The van der Waals surface area contributed by atoms with Gasteiger partial charge in [0, 0.05) is 103 Å². The Bertz CT molecular complexity index is 6040. The number of benzene rings is 8. The molecule has 0 unspecified atom stereocenters. The van der Waals surface area contributed by atoms with E-state index in [2.05, 4.69) is 178 Å². The first kappa shape index (κ1) is 103. The van der Waals surface area contributed by atoms with Gasteiger partial charge in [-0.15, -0.1) is 0 Å². The fourth-order valence-corrected chi connectivity index (χ4v) is 19.3. The molecule has 3 saturated heterocycles. The highest BCUT2D eigenvalue weighted by Crippen LogP contribution is 2.31. The summed E-state index contributed by atoms with van der Waals surface area (Å²) in [5, 5.41) is 0. The van der Waals surface area contributed by atoms with Crippen LogP contribution in [-0.2, 0) is 78.5 Å². The minimum atomic E-state index is -0.713. The normalized spacial score (nSPS) is 14.6. The second-order valence-corrected chi connectivity index (χ2v) is 38.8. The number of piperidine rings is 3. The van der Waals surface area contributed by atoms with E-state index in [1.165, 1.54) is 117 Å². The zero-order valence-electron chi connectivity index (χ0n) is 82.5. The molecule has 4 aromatic heterocycles. The third-order valence-corrected chi connectivity index (χ3v) is 25.7. The third kappa shape index (κ3) is 28.3. The largest absolute Gasteiger partial charge is 0.331 e. The Morgan fingerprint density at radius 1 is 0.321 bits per heavy atom. The summed E-state index contributed by atoms with van der Waals surface area (Å²) in [6.45, 7) is 42.1. The van der Waals surface area contributed by atoms with Gasteiger partial charge in [0.05, 0.1) is 81.4 Å². The Morgan fingerprint density at radius 3 is 0.927 bits per heavy atom. The summed E-state index contributed by atoms with van der Waals surface area (Å²) in [6, 6.07) is 44.0. The van der Waals surface area contributed by atoms with Crippen LogP contribution in [0.25, 0.3) is 44.1 Å². The molecule has 137 heavy (non-hydrogen) atoms. The number of hydrogen-bond acceptors (Lipinski definition) is 12. The second kappa shape index (κ2) is 50.3. The van der Waals surface area contributed by atoms with Gasteiger partial charge in [0.25, 0.3) is 23.6 Å². The molecule has 0 radical (unpaired) electrons. The maximum absolute atomic E-state index is 14.4. The lowest BCUT2D eigenvalue weighted by Crippen LogP contribution is -2.35. The first-order valence-electron chi connectivity index (χ1n) is 50.3. The Morgan fingerprint density at radius 2 is 0.628 bits per heavy atom. The molecule has 8 aromatic carbocycles. The summed E-state index contributed by atoms with van der Waals surface area (Å²) >= 11 is 0. The number of amides is 4. The molecule has 4 aliphatic rings. The van der Waals surface area contributed by atoms with Crippen molar-refractivity contribution in [2.75, 3.05) is 78.5 Å². The molecule has 20 nitrogen and oxygen atoms in total. The Balaban J connectivity index is 0.000000154. The number of aromatic nitrogens is 8. The van der Waals surface area contributed by atoms with Gasteiger partial charge in [0.2, 0.25) is 0 Å². The van der Waals surface area contributed by atoms with E-state index >= 15 is 0 Å². The molecule has 4 aliphatic heterocycles. The molecular weight excluding hydrogens is 1740 g/mol. The number of carbonyl (C=O) groups excluding carboxylic acids is 4. The van der Waals surface area contributed by atoms with Gasteiger partial charge in [-0.25, -0.2) is 46.3 Å². The molecule has 4 amide bonds. The fourth-order valence-electron chi connectivity index (χ4n) is 19.3. The van der Waals surface area contributed by atoms with Crippen LogP contribution in [0.2, 0.25) is 0 Å². The first-order valence-corrected chi connectivity index (χ1v) is 50.3. The smallest absolute Gasteiger partial charge is 0.257 e. The highest BCUT2D eigenvalue weighted by atomic mass is 19.1. The van der Waals surface area contributed by atoms with Crippen LogP contribution in [0.4, 0.5) is 26.3 Å². The predicted octanol–water partition coefficient (Wildman–Crippen LogP) is 23.3. The lowest BCUT2D eigenvalue weighted by atomic mass is 10.1. The van der Waals surface area contributed by atoms with Crippen LogP contribution in [0.3, 0.4) is 0 Å². The maximum atomic E-state index is 14.4. The topological polar surface area (TPSA) is 165 Å². The van der Waals surface area contributed by atoms with E-state index in [1.54, 1.807) is 39.0 Å². The molecule has 26 heteroatoms. The number of fused-ring (bicyclic) bond motifs is 4. The van der Waals surface area contributed by atoms with E-state index < -0.39 is 46.7 Å². The van der Waals surface area contributed by atoms with Crippen LogP contribution in [0.1, 0.15) is 259 Å². The summed E-state index contributed by atoms with van der Waals surface area (Å²) in [5.74, 6) is -0.787. The number of likely N-dealkylation sites (tertiary alicyclic amines) is 3. The van der Waals surface area contributed by atoms with Crippen LogP contribution < -0.4 is 0 Å². The predicted molar refractivity (Wildman–Crippen MR) is 536 cm³/mol. The number of nitrogens with zero attached hydrogens (tertiary/aromatic N) is 16. The molecule has 8 heterocycles. The number of hydrogen-bond donors (Lipinski definition) is 0. The van der Waals surface area contributed by atoms with Gasteiger partial charge in [-0.1, -0.05) is 144 Å². The monoisotopic (exact) mass is 1880 g/mol. The molecule has 0 N–H and O–H groups in total. The van der Waals surface area contributed by atoms with Gasteiger partial charge in [-0.05, 0) is 278 Å². The highest BCUT2D eigenvalue weighted by molar-refractivity contribution is 5.96. The molecule has 0 aliphatic carbocycles. The van der Waals surface area contributed by atoms with Crippen LogP contribution >= 0.6 is 0 Å². The van der Waals surface area contributed by atoms with Gasteiger partial charge < -0.3 is 37.9 Å². The molecule has 0 atom stereocenters. The SMILES string of the molecule is CCCN(Cc1nc2cc(CN3CCCCC3)ccc2n1CCC)C(=O)c1cc(F)ccc1F.CCCn1c(CN(CC(C)C)C(=O)c2cc(F)ccc2F)nc2cc(CN3CCCCC3)ccc21.CCCn1c(CN(CC(C)C)C(=O)c2cccc(F)c2)nc2cc(CN3CC=CCC3)ccc21.CCCn1c(CN(CC(C)C)C(=O)c2cccc(F)c2)nc2cc(CN3CCCCC3)ccc21. The van der Waals surface area contributed by atoms with Crippen molar-refractivity contribution in [3.8, 4) is 0 Å². The van der Waals surface area contributed by atoms with Crippen molar-refractivity contribution in [1.29, 1.82) is 0 Å². The maximum Gasteiger partial charge on any atom is 0.257 e. The van der Waals surface area contributed by atoms with Crippen LogP contribution in [-0.4, -0.2) is 180 Å². The molecule has 12 aromatic rings. The van der Waals surface area contributed by atoms with E-state index in [0.717, 1.165) is 228 Å². The van der Waals surface area contributed by atoms with Gasteiger partial charge in [0.1, 0.15) is 58.2 Å². The molecule has 0 bridgehead atoms. The minimum Gasteiger partial charge on any atom is -0.331 e. The molecule has 0 saturated carbocycles. The zero-order chi connectivity index (χ0) is 97.2. The summed E-state index contributed by atoms with van der Waals surface area (Å²) in [7, 11) is 0. The van der Waals surface area contributed by atoms with Crippen LogP contribution in [0, 0.1) is 52.7 Å². The number of halogens is 6. The number of imidazole rings is 4. The lowest BCUT2D eigenvalue weighted by molar-refractivity contribution is 0.0705. The first-order chi connectivity index (χ1) is 66.2. The summed E-state index contributed by atoms with van der Waals surface area (Å²) in [6.07, 6.45) is 21.6. The molecule has 3 fully saturated rings. The second-order valence-electron chi connectivity index (χ2n) is 38.8. The van der Waals surface area contributed by atoms with Crippen molar-refractivity contribution in [3.05, 3.63) is 273 Å². The minimum absolute atomic E-state index is 0.158. The van der Waals surface area contributed by atoms with Crippen molar-refractivity contribution in [1.82, 2.24) is 77.4 Å². The van der Waals surface area contributed by atoms with Crippen molar-refractivity contribution in [3.63, 3.8) is 0 Å². The molecule has 0 spiro atoms. The van der Waals surface area contributed by atoms with Crippen molar-refractivity contribution < 1.29 is 45.5 Å². The van der Waals surface area contributed by atoms with Crippen molar-refractivity contribution in [2.45, 2.75) is 251 Å². The van der Waals surface area contributed by atoms with Gasteiger partial charge in [-0.3, -0.25) is 38.8 Å². The molecule has 732 valence electrons. The van der Waals surface area contributed by atoms with Crippen molar-refractivity contribution in [2.24, 2.45) is 17.8 Å². The van der Waals surface area contributed by atoms with E-state index in [1.807, 2.05) is 25.7 Å². The summed E-state index contributed by atoms with van der Waals surface area (Å²) in [5.41, 5.74) is 13.4. The van der Waals surface area contributed by atoms with E-state index in [4.69, 9.17) is 19.9 Å². The van der Waals surface area contributed by atoms with E-state index in [-0.39, 0.29) is 53.8 Å². The molecular formula is C111H142F6N16O4. The van der Waals surface area contributed by atoms with Gasteiger partial charge in [0.15, 0.2) is 0 Å². The van der Waals surface area contributed by atoms with Gasteiger partial charge in [-0.2, -0.15) is 0 Å². The third-order valence-electron chi connectivity index (χ3n) is 25.7. The fraction of sp³-hybridized carbons (Fsp3) is 0.477. The quantitative estimate of drug-likeness (QED) is 0.0270. The van der Waals surface area contributed by atoms with Crippen molar-refractivity contribution >= 4 is 67.8 Å². The average Bonchev–Trinajstić information content (AvgIpc) is 1.65. The number of rotatable bonds is 36. The van der Waals surface area contributed by atoms with Crippen LogP contribution in [0.5, 0.6) is 0 Å². The molecule has 16 rings (SSSR count). The van der Waals surface area contributed by atoms with E-state index in [0.29, 0.717) is 56.8 Å². The van der Waals surface area contributed by atoms with Gasteiger partial charge >= 0.3 is 0 Å². The summed E-state index contributed by atoms with van der Waals surface area (Å²) < 4.78 is 92.7. The average molecular weight is 1880 g/mol. The van der Waals surface area contributed by atoms with Crippen LogP contribution in [0.15, 0.2) is 170 Å². The number of aryl methyl sites for hydroxylation is 4. The summed E-state index contributed by atoms with van der Waals surface area (Å²) in [4.78, 5) is 89.6. The Labute approximate surface area is 806 Å². The zero-order valence-corrected chi connectivity index (χ0v) is 82.5. The lowest BCUT2D eigenvalue weighted by Gasteiger charge is -2.26. The number of carbonyl (C=O) groups is 4. The highest BCUT2D eigenvalue weighted by Gasteiger charge is 2.30. The Kier molecular flexibility index (Phi) is 37.9. The standard InChI is InChI=1S/C28H36F2N4O.C28H37FN4O.C28H35FN4O.C27H34F2N4O/c1-4-12-34-26-11-8-21(18-32-13-6-5-7-14-32)15-25(26)31-27(34)19-33(17-20(2)3)28(35)23-16-22(29)9-10-24(23)30;2*1-4-13-33-26-12-11-22(19-31-14-6-5-7-15-31)16-25(26)30-27(33)20-32(18-21(2)3)28(34)23-9-8-10-24(29)17-23;1-3-12-32(27(34)22-17-21(28)9-10-23(22)29)19-26-30-24-16-20(18-31-14-6-5-7-15-31)8-11-25(24)33(26)13-4-2/h8-11,15-16,20H,4-7,12-14,17-19H2,1-3H3;8-12,16-17,21H,4-7,13-15,18-20H2,1-3H3;5-6,8-12,16-17,21H,4,7,13-15,18-20H2,1-3H3;8-11,16-17H,3-7,12-15,18-19H2,1-2H3. The van der Waals surface area contributed by atoms with E-state index in [9.17, 15) is 45.5 Å².